The molecule has 0 radical (unpaired) electrons. The van der Waals surface area contributed by atoms with Gasteiger partial charge in [-0.1, -0.05) is 59.3 Å². The summed E-state index contributed by atoms with van der Waals surface area (Å²) in [5.74, 6) is -0.257. The molecule has 0 aliphatic carbocycles. The lowest BCUT2D eigenvalue weighted by molar-refractivity contribution is 0.0425. The first kappa shape index (κ1) is 22.2. The Morgan fingerprint density at radius 2 is 1.38 bits per heavy atom. The molecular weight excluding hydrogens is 328 g/mol. The number of hydrogen-bond acceptors (Lipinski definition) is 4. The van der Waals surface area contributed by atoms with Crippen molar-refractivity contribution in [2.75, 3.05) is 13.2 Å². The standard InChI is InChI=1S/C22H34O4/c1-4-7-9-10-16-25-21(23)19-12-14-20(15-13-19)22(24)26-17-18(6-3)11-8-5-2/h12-15,18H,4-11,16-17H2,1-3H3. The van der Waals surface area contributed by atoms with Crippen molar-refractivity contribution in [3.05, 3.63) is 35.4 Å². The summed E-state index contributed by atoms with van der Waals surface area (Å²) in [7, 11) is 0. The van der Waals surface area contributed by atoms with Crippen LogP contribution in [0.4, 0.5) is 0 Å². The van der Waals surface area contributed by atoms with E-state index in [1.54, 1.807) is 24.3 Å². The van der Waals surface area contributed by atoms with Crippen molar-refractivity contribution < 1.29 is 19.1 Å². The number of hydrogen-bond donors (Lipinski definition) is 0. The predicted molar refractivity (Wildman–Crippen MR) is 104 cm³/mol. The summed E-state index contributed by atoms with van der Waals surface area (Å²) in [5, 5.41) is 0. The Morgan fingerprint density at radius 1 is 0.808 bits per heavy atom. The molecule has 1 atom stereocenters. The Morgan fingerprint density at radius 3 is 1.92 bits per heavy atom. The summed E-state index contributed by atoms with van der Waals surface area (Å²) in [6.07, 6.45) is 8.69. The van der Waals surface area contributed by atoms with Crippen LogP contribution >= 0.6 is 0 Å². The van der Waals surface area contributed by atoms with Crippen LogP contribution in [0, 0.1) is 5.92 Å². The van der Waals surface area contributed by atoms with Gasteiger partial charge in [0, 0.05) is 0 Å². The number of unbranched alkanes of at least 4 members (excludes halogenated alkanes) is 4. The van der Waals surface area contributed by atoms with Crippen LogP contribution in [-0.2, 0) is 9.47 Å². The number of carbonyl (C=O) groups excluding carboxylic acids is 2. The first-order chi connectivity index (χ1) is 12.6. The van der Waals surface area contributed by atoms with Gasteiger partial charge in [-0.3, -0.25) is 0 Å². The lowest BCUT2D eigenvalue weighted by Crippen LogP contribution is -2.14. The Kier molecular flexibility index (Phi) is 11.4. The second-order valence-electron chi connectivity index (χ2n) is 6.79. The smallest absolute Gasteiger partial charge is 0.338 e. The quantitative estimate of drug-likeness (QED) is 0.329. The molecule has 0 heterocycles. The highest BCUT2D eigenvalue weighted by Crippen LogP contribution is 2.14. The van der Waals surface area contributed by atoms with Gasteiger partial charge in [0.15, 0.2) is 0 Å². The maximum absolute atomic E-state index is 12.2. The van der Waals surface area contributed by atoms with E-state index in [2.05, 4.69) is 20.8 Å². The highest BCUT2D eigenvalue weighted by atomic mass is 16.5. The monoisotopic (exact) mass is 362 g/mol. The van der Waals surface area contributed by atoms with E-state index >= 15 is 0 Å². The Labute approximate surface area is 158 Å². The predicted octanol–water partition coefficient (Wildman–Crippen LogP) is 5.80. The molecule has 0 fully saturated rings. The number of esters is 2. The van der Waals surface area contributed by atoms with Gasteiger partial charge in [-0.25, -0.2) is 9.59 Å². The van der Waals surface area contributed by atoms with Gasteiger partial charge in [0.25, 0.3) is 0 Å². The molecule has 0 saturated heterocycles. The van der Waals surface area contributed by atoms with Crippen molar-refractivity contribution >= 4 is 11.9 Å². The molecule has 146 valence electrons. The Bertz CT molecular complexity index is 521. The molecule has 0 spiro atoms. The van der Waals surface area contributed by atoms with Crippen LogP contribution in [0.15, 0.2) is 24.3 Å². The number of ether oxygens (including phenoxy) is 2. The summed E-state index contributed by atoms with van der Waals surface area (Å²) in [6, 6.07) is 6.50. The van der Waals surface area contributed by atoms with Gasteiger partial charge in [0.2, 0.25) is 0 Å². The van der Waals surface area contributed by atoms with E-state index in [-0.39, 0.29) is 11.9 Å². The van der Waals surface area contributed by atoms with Crippen LogP contribution in [0.5, 0.6) is 0 Å². The molecule has 1 rings (SSSR count). The molecule has 0 aliphatic rings. The van der Waals surface area contributed by atoms with Gasteiger partial charge >= 0.3 is 11.9 Å². The van der Waals surface area contributed by atoms with Crippen LogP contribution in [0.25, 0.3) is 0 Å². The highest BCUT2D eigenvalue weighted by molar-refractivity contribution is 5.93. The zero-order valence-corrected chi connectivity index (χ0v) is 16.6. The first-order valence-corrected chi connectivity index (χ1v) is 10.1. The minimum atomic E-state index is -0.341. The minimum absolute atomic E-state index is 0.334. The molecule has 0 amide bonds. The van der Waals surface area contributed by atoms with Gasteiger partial charge in [-0.15, -0.1) is 0 Å². The third-order valence-corrected chi connectivity index (χ3v) is 4.58. The fourth-order valence-electron chi connectivity index (χ4n) is 2.69. The molecule has 0 saturated carbocycles. The topological polar surface area (TPSA) is 52.6 Å². The second-order valence-corrected chi connectivity index (χ2v) is 6.79. The molecule has 0 aliphatic heterocycles. The van der Waals surface area contributed by atoms with Crippen LogP contribution in [-0.4, -0.2) is 25.2 Å². The summed E-state index contributed by atoms with van der Waals surface area (Å²) in [4.78, 5) is 24.1. The first-order valence-electron chi connectivity index (χ1n) is 10.1. The summed E-state index contributed by atoms with van der Waals surface area (Å²) in [6.45, 7) is 7.33. The normalized spacial score (nSPS) is 11.8. The van der Waals surface area contributed by atoms with Crippen LogP contribution in [0.2, 0.25) is 0 Å². The average molecular weight is 363 g/mol. The molecule has 1 aromatic rings. The van der Waals surface area contributed by atoms with Crippen molar-refractivity contribution in [1.29, 1.82) is 0 Å². The van der Waals surface area contributed by atoms with Gasteiger partial charge in [-0.2, -0.15) is 0 Å². The number of carbonyl (C=O) groups is 2. The lowest BCUT2D eigenvalue weighted by Gasteiger charge is -2.14. The van der Waals surface area contributed by atoms with Crippen molar-refractivity contribution in [2.45, 2.75) is 72.1 Å². The fourth-order valence-corrected chi connectivity index (χ4v) is 2.69. The van der Waals surface area contributed by atoms with E-state index in [4.69, 9.17) is 9.47 Å². The number of rotatable bonds is 13. The van der Waals surface area contributed by atoms with Crippen LogP contribution in [0.1, 0.15) is 92.9 Å². The van der Waals surface area contributed by atoms with E-state index in [1.165, 1.54) is 0 Å². The number of benzene rings is 1. The van der Waals surface area contributed by atoms with Crippen molar-refractivity contribution in [1.82, 2.24) is 0 Å². The summed E-state index contributed by atoms with van der Waals surface area (Å²) >= 11 is 0. The Hall–Kier alpha value is -1.84. The second kappa shape index (κ2) is 13.4. The molecule has 4 nitrogen and oxygen atoms in total. The van der Waals surface area contributed by atoms with Gasteiger partial charge in [0.1, 0.15) is 0 Å². The van der Waals surface area contributed by atoms with Crippen molar-refractivity contribution in [3.8, 4) is 0 Å². The molecule has 0 N–H and O–H groups in total. The highest BCUT2D eigenvalue weighted by Gasteiger charge is 2.13. The van der Waals surface area contributed by atoms with E-state index < -0.39 is 0 Å². The Balaban J connectivity index is 2.42. The van der Waals surface area contributed by atoms with Crippen molar-refractivity contribution in [2.24, 2.45) is 5.92 Å². The van der Waals surface area contributed by atoms with E-state index in [9.17, 15) is 9.59 Å². The zero-order chi connectivity index (χ0) is 19.2. The molecule has 26 heavy (non-hydrogen) atoms. The average Bonchev–Trinajstić information content (AvgIpc) is 2.67. The summed E-state index contributed by atoms with van der Waals surface area (Å²) < 4.78 is 10.7. The summed E-state index contributed by atoms with van der Waals surface area (Å²) in [5.41, 5.74) is 0.932. The van der Waals surface area contributed by atoms with Gasteiger partial charge in [0.05, 0.1) is 24.3 Å². The molecule has 0 aromatic heterocycles. The van der Waals surface area contributed by atoms with Crippen molar-refractivity contribution in [3.63, 3.8) is 0 Å². The van der Waals surface area contributed by atoms with Gasteiger partial charge in [-0.05, 0) is 43.0 Å². The van der Waals surface area contributed by atoms with E-state index in [0.29, 0.717) is 30.3 Å². The van der Waals surface area contributed by atoms with Gasteiger partial charge < -0.3 is 9.47 Å². The van der Waals surface area contributed by atoms with Crippen LogP contribution < -0.4 is 0 Å². The largest absolute Gasteiger partial charge is 0.462 e. The molecular formula is C22H34O4. The zero-order valence-electron chi connectivity index (χ0n) is 16.6. The van der Waals surface area contributed by atoms with E-state index in [1.807, 2.05) is 0 Å². The van der Waals surface area contributed by atoms with Crippen LogP contribution in [0.3, 0.4) is 0 Å². The third kappa shape index (κ3) is 8.50. The minimum Gasteiger partial charge on any atom is -0.462 e. The lowest BCUT2D eigenvalue weighted by atomic mass is 10.0. The molecule has 1 aromatic carbocycles. The molecule has 0 bridgehead atoms. The third-order valence-electron chi connectivity index (χ3n) is 4.58. The maximum atomic E-state index is 12.2. The maximum Gasteiger partial charge on any atom is 0.338 e. The SMILES string of the molecule is CCCCCCOC(=O)c1ccc(C(=O)OCC(CC)CCCC)cc1. The van der Waals surface area contributed by atoms with E-state index in [0.717, 1.165) is 51.4 Å². The molecule has 4 heteroatoms. The molecule has 1 unspecified atom stereocenters. The fraction of sp³-hybridized carbons (Fsp3) is 0.636.